The summed E-state index contributed by atoms with van der Waals surface area (Å²) < 4.78 is 0. The molecule has 2 aliphatic carbocycles. The molecule has 0 radical (unpaired) electrons. The third-order valence-electron chi connectivity index (χ3n) is 5.40. The Labute approximate surface area is 126 Å². The summed E-state index contributed by atoms with van der Waals surface area (Å²) in [5.41, 5.74) is 0. The molecule has 0 spiro atoms. The molecule has 0 atom stereocenters. The average molecular weight is 272 g/mol. The standard InChI is InChI=1S/C20H32/c1-3-5-6-8-18-11-15-20(16-12-18)19-13-9-17(7-4-2)10-14-19/h4,7,17-20H,3,5,9-16H2,1-2H3/t17-,18-,19-,20-. The Morgan fingerprint density at radius 3 is 2.05 bits per heavy atom. The van der Waals surface area contributed by atoms with Crippen LogP contribution in [0.2, 0.25) is 0 Å². The van der Waals surface area contributed by atoms with E-state index in [4.69, 9.17) is 0 Å². The number of hydrogen-bond acceptors (Lipinski definition) is 0. The fourth-order valence-electron chi connectivity index (χ4n) is 4.16. The van der Waals surface area contributed by atoms with Crippen molar-refractivity contribution in [2.24, 2.45) is 23.7 Å². The van der Waals surface area contributed by atoms with E-state index >= 15 is 0 Å². The minimum absolute atomic E-state index is 0.720. The zero-order valence-corrected chi connectivity index (χ0v) is 13.5. The minimum Gasteiger partial charge on any atom is -0.103 e. The predicted octanol–water partition coefficient (Wildman–Crippen LogP) is 5.98. The molecule has 0 aromatic carbocycles. The molecule has 0 unspecified atom stereocenters. The molecule has 2 aliphatic rings. The van der Waals surface area contributed by atoms with E-state index in [2.05, 4.69) is 37.8 Å². The minimum atomic E-state index is 0.720. The van der Waals surface area contributed by atoms with Gasteiger partial charge in [-0.2, -0.15) is 0 Å². The molecule has 0 heteroatoms. The summed E-state index contributed by atoms with van der Waals surface area (Å²) in [7, 11) is 0. The Bertz CT molecular complexity index is 338. The summed E-state index contributed by atoms with van der Waals surface area (Å²) in [6, 6.07) is 0. The summed E-state index contributed by atoms with van der Waals surface area (Å²) in [5, 5.41) is 0. The van der Waals surface area contributed by atoms with Crippen LogP contribution in [0.25, 0.3) is 0 Å². The monoisotopic (exact) mass is 272 g/mol. The van der Waals surface area contributed by atoms with Crippen LogP contribution in [0, 0.1) is 35.5 Å². The van der Waals surface area contributed by atoms with Gasteiger partial charge in [-0.15, -0.1) is 5.92 Å². The van der Waals surface area contributed by atoms with Crippen molar-refractivity contribution in [1.29, 1.82) is 0 Å². The van der Waals surface area contributed by atoms with Gasteiger partial charge in [0.2, 0.25) is 0 Å². The van der Waals surface area contributed by atoms with Crippen molar-refractivity contribution in [3.05, 3.63) is 12.2 Å². The van der Waals surface area contributed by atoms with Gasteiger partial charge < -0.3 is 0 Å². The smallest absolute Gasteiger partial charge is 0.0203 e. The van der Waals surface area contributed by atoms with Gasteiger partial charge in [-0.3, -0.25) is 0 Å². The van der Waals surface area contributed by atoms with Gasteiger partial charge in [0.25, 0.3) is 0 Å². The molecule has 0 aliphatic heterocycles. The first-order valence-corrected chi connectivity index (χ1v) is 8.94. The summed E-state index contributed by atoms with van der Waals surface area (Å²) in [5.74, 6) is 10.5. The second kappa shape index (κ2) is 8.56. The van der Waals surface area contributed by atoms with Gasteiger partial charge >= 0.3 is 0 Å². The highest BCUT2D eigenvalue weighted by Crippen LogP contribution is 2.41. The van der Waals surface area contributed by atoms with E-state index in [1.54, 1.807) is 0 Å². The lowest BCUT2D eigenvalue weighted by Gasteiger charge is -2.36. The first-order valence-electron chi connectivity index (χ1n) is 8.94. The van der Waals surface area contributed by atoms with Crippen LogP contribution < -0.4 is 0 Å². The van der Waals surface area contributed by atoms with Crippen LogP contribution >= 0.6 is 0 Å². The molecule has 2 rings (SSSR count). The molecule has 0 aromatic rings. The number of unbranched alkanes of at least 4 members (excludes halogenated alkanes) is 1. The zero-order chi connectivity index (χ0) is 14.2. The quantitative estimate of drug-likeness (QED) is 0.438. The Kier molecular flexibility index (Phi) is 6.71. The van der Waals surface area contributed by atoms with Crippen LogP contribution in [0.3, 0.4) is 0 Å². The van der Waals surface area contributed by atoms with Crippen LogP contribution in [-0.2, 0) is 0 Å². The normalized spacial score (nSPS) is 34.7. The van der Waals surface area contributed by atoms with E-state index < -0.39 is 0 Å². The second-order valence-electron chi connectivity index (χ2n) is 6.88. The van der Waals surface area contributed by atoms with Crippen molar-refractivity contribution in [3.63, 3.8) is 0 Å². The molecule has 0 nitrogen and oxygen atoms in total. The lowest BCUT2D eigenvalue weighted by Crippen LogP contribution is -2.25. The van der Waals surface area contributed by atoms with E-state index in [-0.39, 0.29) is 0 Å². The molecule has 0 aromatic heterocycles. The molecule has 2 saturated carbocycles. The highest BCUT2D eigenvalue weighted by atomic mass is 14.3. The summed E-state index contributed by atoms with van der Waals surface area (Å²) in [4.78, 5) is 0. The van der Waals surface area contributed by atoms with Gasteiger partial charge in [0.05, 0.1) is 0 Å². The lowest BCUT2D eigenvalue weighted by molar-refractivity contribution is 0.168. The molecule has 20 heavy (non-hydrogen) atoms. The van der Waals surface area contributed by atoms with E-state index in [0.29, 0.717) is 0 Å². The first kappa shape index (κ1) is 15.7. The van der Waals surface area contributed by atoms with E-state index in [9.17, 15) is 0 Å². The van der Waals surface area contributed by atoms with Gasteiger partial charge in [-0.05, 0) is 82.5 Å². The van der Waals surface area contributed by atoms with Crippen molar-refractivity contribution in [3.8, 4) is 11.8 Å². The fourth-order valence-corrected chi connectivity index (χ4v) is 4.16. The Balaban J connectivity index is 1.71. The molecular formula is C20H32. The highest BCUT2D eigenvalue weighted by molar-refractivity contribution is 5.05. The molecule has 2 fully saturated rings. The summed E-state index contributed by atoms with van der Waals surface area (Å²) in [6.45, 7) is 4.38. The third kappa shape index (κ3) is 4.69. The van der Waals surface area contributed by atoms with Crippen LogP contribution in [0.4, 0.5) is 0 Å². The predicted molar refractivity (Wildman–Crippen MR) is 88.4 cm³/mol. The first-order chi connectivity index (χ1) is 9.83. The maximum absolute atomic E-state index is 3.51. The number of hydrogen-bond donors (Lipinski definition) is 0. The Hall–Kier alpha value is -0.700. The molecule has 0 heterocycles. The van der Waals surface area contributed by atoms with Crippen molar-refractivity contribution < 1.29 is 0 Å². The van der Waals surface area contributed by atoms with Gasteiger partial charge in [-0.25, -0.2) is 0 Å². The average Bonchev–Trinajstić information content (AvgIpc) is 2.49. The maximum atomic E-state index is 3.51. The van der Waals surface area contributed by atoms with Gasteiger partial charge in [-0.1, -0.05) is 25.0 Å². The van der Waals surface area contributed by atoms with E-state index in [1.165, 1.54) is 57.8 Å². The molecule has 0 N–H and O–H groups in total. The highest BCUT2D eigenvalue weighted by Gasteiger charge is 2.29. The summed E-state index contributed by atoms with van der Waals surface area (Å²) >= 11 is 0. The largest absolute Gasteiger partial charge is 0.103 e. The Morgan fingerprint density at radius 2 is 1.50 bits per heavy atom. The van der Waals surface area contributed by atoms with Crippen LogP contribution in [-0.4, -0.2) is 0 Å². The zero-order valence-electron chi connectivity index (χ0n) is 13.5. The van der Waals surface area contributed by atoms with Crippen molar-refractivity contribution in [1.82, 2.24) is 0 Å². The molecular weight excluding hydrogens is 240 g/mol. The van der Waals surface area contributed by atoms with Crippen LogP contribution in [0.15, 0.2) is 12.2 Å². The van der Waals surface area contributed by atoms with Gasteiger partial charge in [0.15, 0.2) is 0 Å². The second-order valence-corrected chi connectivity index (χ2v) is 6.88. The molecule has 0 bridgehead atoms. The van der Waals surface area contributed by atoms with E-state index in [0.717, 1.165) is 30.1 Å². The van der Waals surface area contributed by atoms with Crippen LogP contribution in [0.1, 0.15) is 78.1 Å². The summed E-state index contributed by atoms with van der Waals surface area (Å²) in [6.07, 6.45) is 18.4. The lowest BCUT2D eigenvalue weighted by atomic mass is 9.69. The third-order valence-corrected chi connectivity index (χ3v) is 5.40. The van der Waals surface area contributed by atoms with Gasteiger partial charge in [0, 0.05) is 12.3 Å². The Morgan fingerprint density at radius 1 is 0.900 bits per heavy atom. The topological polar surface area (TPSA) is 0 Å². The van der Waals surface area contributed by atoms with Crippen molar-refractivity contribution in [2.45, 2.75) is 78.1 Å². The number of allylic oxidation sites excluding steroid dienone is 2. The van der Waals surface area contributed by atoms with Crippen molar-refractivity contribution in [2.75, 3.05) is 0 Å². The maximum Gasteiger partial charge on any atom is 0.0203 e. The molecule has 112 valence electrons. The van der Waals surface area contributed by atoms with Crippen molar-refractivity contribution >= 4 is 0 Å². The molecule has 0 saturated heterocycles. The fraction of sp³-hybridized carbons (Fsp3) is 0.800. The number of rotatable bonds is 3. The van der Waals surface area contributed by atoms with Crippen LogP contribution in [0.5, 0.6) is 0 Å². The van der Waals surface area contributed by atoms with E-state index in [1.807, 2.05) is 0 Å². The van der Waals surface area contributed by atoms with Gasteiger partial charge in [0.1, 0.15) is 0 Å². The molecule has 0 amide bonds. The SMILES string of the molecule is CC=C[C@H]1CC[C@H]([C@H]2CC[C@H](C#CCCC)CC2)CC1.